The molecule has 17 heavy (non-hydrogen) atoms. The standard InChI is InChI=1S/C11H21N3O2S/c1-10(17(3)15)9-13-11-12-5-7-14(11)6-4-8-16-2/h5,7,10H,4,6,8-9H2,1-3H3,(H,12,13). The van der Waals surface area contributed by atoms with Crippen molar-refractivity contribution in [2.75, 3.05) is 31.8 Å². The molecule has 2 atom stereocenters. The molecule has 0 aliphatic rings. The molecule has 1 N–H and O–H groups in total. The Morgan fingerprint density at radius 1 is 1.65 bits per heavy atom. The van der Waals surface area contributed by atoms with E-state index in [0.717, 1.165) is 25.5 Å². The Hall–Kier alpha value is -0.880. The summed E-state index contributed by atoms with van der Waals surface area (Å²) in [6.07, 6.45) is 6.38. The van der Waals surface area contributed by atoms with Crippen LogP contribution in [-0.2, 0) is 22.1 Å². The fraction of sp³-hybridized carbons (Fsp3) is 0.727. The fourth-order valence-electron chi connectivity index (χ4n) is 1.39. The molecule has 5 nitrogen and oxygen atoms in total. The largest absolute Gasteiger partial charge is 0.385 e. The lowest BCUT2D eigenvalue weighted by Gasteiger charge is -2.12. The van der Waals surface area contributed by atoms with Gasteiger partial charge in [0, 0.05) is 61.5 Å². The van der Waals surface area contributed by atoms with Crippen molar-refractivity contribution in [2.45, 2.75) is 25.1 Å². The van der Waals surface area contributed by atoms with Gasteiger partial charge in [0.2, 0.25) is 5.95 Å². The number of hydrogen-bond acceptors (Lipinski definition) is 4. The van der Waals surface area contributed by atoms with Gasteiger partial charge in [-0.2, -0.15) is 0 Å². The molecule has 0 spiro atoms. The van der Waals surface area contributed by atoms with Gasteiger partial charge in [-0.1, -0.05) is 0 Å². The SMILES string of the molecule is COCCCn1ccnc1NCC(C)S(C)=O. The van der Waals surface area contributed by atoms with Crippen molar-refractivity contribution in [1.82, 2.24) is 9.55 Å². The Kier molecular flexibility index (Phi) is 6.21. The molecule has 0 fully saturated rings. The molecule has 1 aromatic heterocycles. The Bertz CT molecular complexity index is 354. The maximum atomic E-state index is 11.2. The first-order valence-corrected chi connectivity index (χ1v) is 7.33. The van der Waals surface area contributed by atoms with E-state index in [1.54, 1.807) is 19.6 Å². The van der Waals surface area contributed by atoms with Crippen LogP contribution in [0.5, 0.6) is 0 Å². The number of aromatic nitrogens is 2. The number of imidazole rings is 1. The summed E-state index contributed by atoms with van der Waals surface area (Å²) in [5.41, 5.74) is 0. The Morgan fingerprint density at radius 3 is 3.06 bits per heavy atom. The highest BCUT2D eigenvalue weighted by atomic mass is 32.2. The van der Waals surface area contributed by atoms with Crippen LogP contribution in [0, 0.1) is 0 Å². The summed E-state index contributed by atoms with van der Waals surface area (Å²) in [4.78, 5) is 4.24. The van der Waals surface area contributed by atoms with Crippen molar-refractivity contribution in [2.24, 2.45) is 0 Å². The number of hydrogen-bond donors (Lipinski definition) is 1. The summed E-state index contributed by atoms with van der Waals surface area (Å²) >= 11 is 0. The molecule has 1 heterocycles. The number of rotatable bonds is 8. The van der Waals surface area contributed by atoms with Crippen LogP contribution in [0.3, 0.4) is 0 Å². The van der Waals surface area contributed by atoms with Crippen LogP contribution in [0.4, 0.5) is 5.95 Å². The second kappa shape index (κ2) is 7.45. The normalized spacial score (nSPS) is 14.5. The van der Waals surface area contributed by atoms with E-state index in [1.165, 1.54) is 0 Å². The van der Waals surface area contributed by atoms with E-state index in [4.69, 9.17) is 4.74 Å². The van der Waals surface area contributed by atoms with Gasteiger partial charge in [0.05, 0.1) is 0 Å². The maximum absolute atomic E-state index is 11.2. The van der Waals surface area contributed by atoms with Gasteiger partial charge in [0.25, 0.3) is 0 Å². The van der Waals surface area contributed by atoms with Gasteiger partial charge in [-0.15, -0.1) is 0 Å². The second-order valence-corrected chi connectivity index (χ2v) is 5.78. The summed E-state index contributed by atoms with van der Waals surface area (Å²) in [7, 11) is 0.895. The highest BCUT2D eigenvalue weighted by molar-refractivity contribution is 7.84. The molecule has 0 aliphatic heterocycles. The molecule has 1 aromatic rings. The Balaban J connectivity index is 2.42. The van der Waals surface area contributed by atoms with E-state index in [2.05, 4.69) is 10.3 Å². The van der Waals surface area contributed by atoms with Gasteiger partial charge in [-0.05, 0) is 13.3 Å². The smallest absolute Gasteiger partial charge is 0.202 e. The lowest BCUT2D eigenvalue weighted by atomic mass is 10.4. The van der Waals surface area contributed by atoms with Crippen LogP contribution >= 0.6 is 0 Å². The van der Waals surface area contributed by atoms with E-state index in [0.29, 0.717) is 6.54 Å². The average Bonchev–Trinajstić information content (AvgIpc) is 2.74. The minimum atomic E-state index is -0.805. The van der Waals surface area contributed by atoms with Gasteiger partial charge in [0.15, 0.2) is 0 Å². The molecule has 1 rings (SSSR count). The third-order valence-electron chi connectivity index (χ3n) is 2.58. The highest BCUT2D eigenvalue weighted by Gasteiger charge is 2.08. The number of nitrogens with zero attached hydrogens (tertiary/aromatic N) is 2. The van der Waals surface area contributed by atoms with Crippen molar-refractivity contribution in [3.63, 3.8) is 0 Å². The van der Waals surface area contributed by atoms with Crippen LogP contribution in [0.2, 0.25) is 0 Å². The highest BCUT2D eigenvalue weighted by Crippen LogP contribution is 2.06. The molecule has 0 radical (unpaired) electrons. The minimum absolute atomic E-state index is 0.124. The monoisotopic (exact) mass is 259 g/mol. The third-order valence-corrected chi connectivity index (χ3v) is 3.88. The molecule has 0 saturated heterocycles. The summed E-state index contributed by atoms with van der Waals surface area (Å²) in [5, 5.41) is 3.34. The van der Waals surface area contributed by atoms with Crippen molar-refractivity contribution >= 4 is 16.7 Å². The summed E-state index contributed by atoms with van der Waals surface area (Å²) in [5.74, 6) is 0.832. The molecular weight excluding hydrogens is 238 g/mol. The number of anilines is 1. The zero-order valence-electron chi connectivity index (χ0n) is 10.7. The van der Waals surface area contributed by atoms with Crippen molar-refractivity contribution in [3.05, 3.63) is 12.4 Å². The van der Waals surface area contributed by atoms with Crippen LogP contribution in [0.15, 0.2) is 12.4 Å². The van der Waals surface area contributed by atoms with Crippen molar-refractivity contribution in [3.8, 4) is 0 Å². The Labute approximate surface area is 105 Å². The maximum Gasteiger partial charge on any atom is 0.202 e. The predicted molar refractivity (Wildman–Crippen MR) is 70.7 cm³/mol. The third kappa shape index (κ3) is 4.87. The van der Waals surface area contributed by atoms with E-state index in [-0.39, 0.29) is 5.25 Å². The molecule has 0 aromatic carbocycles. The van der Waals surface area contributed by atoms with E-state index >= 15 is 0 Å². The summed E-state index contributed by atoms with van der Waals surface area (Å²) in [6.45, 7) is 4.25. The number of methoxy groups -OCH3 is 1. The first-order chi connectivity index (χ1) is 8.15. The van der Waals surface area contributed by atoms with Crippen molar-refractivity contribution in [1.29, 1.82) is 0 Å². The lowest BCUT2D eigenvalue weighted by molar-refractivity contribution is 0.190. The van der Waals surface area contributed by atoms with E-state index in [9.17, 15) is 4.21 Å². The molecular formula is C11H21N3O2S. The van der Waals surface area contributed by atoms with Crippen molar-refractivity contribution < 1.29 is 8.95 Å². The van der Waals surface area contributed by atoms with Gasteiger partial charge in [-0.3, -0.25) is 4.21 Å². The molecule has 0 saturated carbocycles. The molecule has 0 bridgehead atoms. The number of ether oxygens (including phenoxy) is 1. The van der Waals surface area contributed by atoms with Gasteiger partial charge in [-0.25, -0.2) is 4.98 Å². The van der Waals surface area contributed by atoms with Crippen LogP contribution in [0.25, 0.3) is 0 Å². The molecule has 6 heteroatoms. The average molecular weight is 259 g/mol. The second-order valence-electron chi connectivity index (χ2n) is 3.98. The van der Waals surface area contributed by atoms with Gasteiger partial charge in [0.1, 0.15) is 0 Å². The molecule has 0 amide bonds. The first-order valence-electron chi connectivity index (χ1n) is 5.71. The topological polar surface area (TPSA) is 56.1 Å². The Morgan fingerprint density at radius 2 is 2.41 bits per heavy atom. The van der Waals surface area contributed by atoms with Crippen LogP contribution in [0.1, 0.15) is 13.3 Å². The first kappa shape index (κ1) is 14.2. The van der Waals surface area contributed by atoms with Gasteiger partial charge < -0.3 is 14.6 Å². The zero-order valence-corrected chi connectivity index (χ0v) is 11.5. The van der Waals surface area contributed by atoms with Crippen LogP contribution < -0.4 is 5.32 Å². The minimum Gasteiger partial charge on any atom is -0.385 e. The van der Waals surface area contributed by atoms with Crippen LogP contribution in [-0.4, -0.2) is 45.5 Å². The molecule has 98 valence electrons. The lowest BCUT2D eigenvalue weighted by Crippen LogP contribution is -2.22. The van der Waals surface area contributed by atoms with E-state index in [1.807, 2.05) is 17.7 Å². The number of aryl methyl sites for hydroxylation is 1. The van der Waals surface area contributed by atoms with E-state index < -0.39 is 10.8 Å². The predicted octanol–water partition coefficient (Wildman–Crippen LogP) is 1.10. The molecule has 0 aliphatic carbocycles. The number of nitrogens with one attached hydrogen (secondary N) is 1. The molecule has 2 unspecified atom stereocenters. The van der Waals surface area contributed by atoms with Gasteiger partial charge >= 0.3 is 0 Å². The summed E-state index contributed by atoms with van der Waals surface area (Å²) < 4.78 is 18.3. The zero-order chi connectivity index (χ0) is 12.7. The fourth-order valence-corrected chi connectivity index (χ4v) is 1.71. The quantitative estimate of drug-likeness (QED) is 0.710. The summed E-state index contributed by atoms with van der Waals surface area (Å²) in [6, 6.07) is 0.